The van der Waals surface area contributed by atoms with Gasteiger partial charge in [-0.3, -0.25) is 15.1 Å². The van der Waals surface area contributed by atoms with Gasteiger partial charge in [0, 0.05) is 18.5 Å². The molecule has 0 saturated heterocycles. The summed E-state index contributed by atoms with van der Waals surface area (Å²) in [5.41, 5.74) is -0.0482. The summed E-state index contributed by atoms with van der Waals surface area (Å²) in [5, 5.41) is 13.6. The highest BCUT2D eigenvalue weighted by Gasteiger charge is 2.19. The Morgan fingerprint density at radius 2 is 1.76 bits per heavy atom. The Morgan fingerprint density at radius 3 is 2.41 bits per heavy atom. The molecule has 7 nitrogen and oxygen atoms in total. The van der Waals surface area contributed by atoms with E-state index >= 15 is 0 Å². The second-order valence-electron chi connectivity index (χ2n) is 3.09. The van der Waals surface area contributed by atoms with Gasteiger partial charge in [0.15, 0.2) is 5.69 Å². The van der Waals surface area contributed by atoms with Gasteiger partial charge in [0.05, 0.1) is 4.92 Å². The summed E-state index contributed by atoms with van der Waals surface area (Å²) in [7, 11) is 0. The first-order chi connectivity index (χ1) is 8.24. The molecule has 84 valence electrons. The Balaban J connectivity index is 2.68. The van der Waals surface area contributed by atoms with Crippen molar-refractivity contribution in [1.82, 2.24) is 9.97 Å². The minimum atomic E-state index is -0.578. The first kappa shape index (κ1) is 10.8. The van der Waals surface area contributed by atoms with E-state index in [1.54, 1.807) is 0 Å². The lowest BCUT2D eigenvalue weighted by Crippen LogP contribution is -1.95. The Kier molecular flexibility index (Phi) is 2.82. The molecule has 0 aliphatic heterocycles. The molecule has 2 aromatic rings. The second kappa shape index (κ2) is 4.44. The molecule has 17 heavy (non-hydrogen) atoms. The van der Waals surface area contributed by atoms with Gasteiger partial charge < -0.3 is 0 Å². The van der Waals surface area contributed by atoms with Crippen molar-refractivity contribution in [3.8, 4) is 11.4 Å². The maximum atomic E-state index is 10.8. The number of rotatable bonds is 3. The number of aromatic nitrogens is 2. The number of hydrogen-bond acceptors (Lipinski definition) is 6. The number of nitro groups is 1. The van der Waals surface area contributed by atoms with Gasteiger partial charge >= 0.3 is 0 Å². The molecular weight excluding hydrogens is 224 g/mol. The van der Waals surface area contributed by atoms with Gasteiger partial charge in [0.25, 0.3) is 5.69 Å². The first-order valence-electron chi connectivity index (χ1n) is 4.62. The molecule has 0 bridgehead atoms. The highest BCUT2D eigenvalue weighted by molar-refractivity contribution is 5.75. The zero-order valence-corrected chi connectivity index (χ0v) is 8.48. The predicted octanol–water partition coefficient (Wildman–Crippen LogP) is 2.45. The van der Waals surface area contributed by atoms with Crippen LogP contribution in [-0.4, -0.2) is 14.9 Å². The minimum absolute atomic E-state index is 0.0225. The van der Waals surface area contributed by atoms with Gasteiger partial charge in [0.1, 0.15) is 11.4 Å². The number of nitroso groups, excluding NO2 is 1. The van der Waals surface area contributed by atoms with Crippen molar-refractivity contribution < 1.29 is 4.92 Å². The van der Waals surface area contributed by atoms with Gasteiger partial charge in [-0.05, 0) is 23.4 Å². The standard InChI is InChI=1S/C10H6N4O3/c15-13-7-3-1-5-11-9(7)10-8(14(16)17)4-2-6-12-10/h1-6H. The summed E-state index contributed by atoms with van der Waals surface area (Å²) in [5.74, 6) is 0. The summed E-state index contributed by atoms with van der Waals surface area (Å²) in [6.07, 6.45) is 2.81. The van der Waals surface area contributed by atoms with E-state index in [-0.39, 0.29) is 22.8 Å². The third-order valence-electron chi connectivity index (χ3n) is 2.09. The van der Waals surface area contributed by atoms with Crippen molar-refractivity contribution in [1.29, 1.82) is 0 Å². The zero-order valence-electron chi connectivity index (χ0n) is 8.48. The van der Waals surface area contributed by atoms with Crippen molar-refractivity contribution in [2.75, 3.05) is 0 Å². The van der Waals surface area contributed by atoms with E-state index in [2.05, 4.69) is 15.1 Å². The normalized spacial score (nSPS) is 9.88. The minimum Gasteiger partial charge on any atom is -0.258 e. The van der Waals surface area contributed by atoms with Crippen LogP contribution in [0, 0.1) is 15.0 Å². The quantitative estimate of drug-likeness (QED) is 0.458. The highest BCUT2D eigenvalue weighted by atomic mass is 16.6. The summed E-state index contributed by atoms with van der Waals surface area (Å²) in [6.45, 7) is 0. The van der Waals surface area contributed by atoms with Crippen LogP contribution >= 0.6 is 0 Å². The fourth-order valence-electron chi connectivity index (χ4n) is 1.38. The SMILES string of the molecule is O=Nc1cccnc1-c1ncccc1[N+](=O)[O-]. The summed E-state index contributed by atoms with van der Waals surface area (Å²) >= 11 is 0. The van der Waals surface area contributed by atoms with Gasteiger partial charge in [0.2, 0.25) is 0 Å². The average molecular weight is 230 g/mol. The van der Waals surface area contributed by atoms with Crippen LogP contribution in [0.5, 0.6) is 0 Å². The van der Waals surface area contributed by atoms with Crippen LogP contribution in [0.1, 0.15) is 0 Å². The molecule has 0 saturated carbocycles. The summed E-state index contributed by atoms with van der Waals surface area (Å²) in [6, 6.07) is 5.69. The molecule has 7 heteroatoms. The van der Waals surface area contributed by atoms with Crippen LogP contribution in [0.2, 0.25) is 0 Å². The molecular formula is C10H6N4O3. The predicted molar refractivity (Wildman–Crippen MR) is 59.6 cm³/mol. The molecule has 0 fully saturated rings. The van der Waals surface area contributed by atoms with Crippen LogP contribution in [0.15, 0.2) is 41.8 Å². The second-order valence-corrected chi connectivity index (χ2v) is 3.09. The summed E-state index contributed by atoms with van der Waals surface area (Å²) in [4.78, 5) is 28.6. The molecule has 2 heterocycles. The molecule has 0 atom stereocenters. The Labute approximate surface area is 95.3 Å². The molecule has 0 spiro atoms. The fraction of sp³-hybridized carbons (Fsp3) is 0. The van der Waals surface area contributed by atoms with E-state index in [9.17, 15) is 15.0 Å². The average Bonchev–Trinajstić information content (AvgIpc) is 2.38. The Morgan fingerprint density at radius 1 is 1.12 bits per heavy atom. The van der Waals surface area contributed by atoms with E-state index in [0.717, 1.165) is 0 Å². The molecule has 2 aromatic heterocycles. The van der Waals surface area contributed by atoms with Crippen LogP contribution < -0.4 is 0 Å². The monoisotopic (exact) mass is 230 g/mol. The Hall–Kier alpha value is -2.70. The van der Waals surface area contributed by atoms with Crippen molar-refractivity contribution >= 4 is 11.4 Å². The molecule has 0 aromatic carbocycles. The molecule has 0 aliphatic rings. The van der Waals surface area contributed by atoms with E-state index in [1.807, 2.05) is 0 Å². The first-order valence-corrected chi connectivity index (χ1v) is 4.62. The summed E-state index contributed by atoms with van der Waals surface area (Å²) < 4.78 is 0. The lowest BCUT2D eigenvalue weighted by Gasteiger charge is -2.01. The number of nitrogens with zero attached hydrogens (tertiary/aromatic N) is 4. The van der Waals surface area contributed by atoms with Crippen LogP contribution in [-0.2, 0) is 0 Å². The van der Waals surface area contributed by atoms with Crippen molar-refractivity contribution in [3.63, 3.8) is 0 Å². The van der Waals surface area contributed by atoms with Crippen LogP contribution in [0.25, 0.3) is 11.4 Å². The zero-order chi connectivity index (χ0) is 12.3. The van der Waals surface area contributed by atoms with Gasteiger partial charge in [-0.15, -0.1) is 4.91 Å². The van der Waals surface area contributed by atoms with Gasteiger partial charge in [-0.2, -0.15) is 0 Å². The van der Waals surface area contributed by atoms with E-state index in [1.165, 1.54) is 36.7 Å². The number of hydrogen-bond donors (Lipinski definition) is 0. The number of pyridine rings is 2. The largest absolute Gasteiger partial charge is 0.297 e. The van der Waals surface area contributed by atoms with E-state index in [0.29, 0.717) is 0 Å². The van der Waals surface area contributed by atoms with E-state index in [4.69, 9.17) is 0 Å². The van der Waals surface area contributed by atoms with E-state index < -0.39 is 4.92 Å². The van der Waals surface area contributed by atoms with Crippen molar-refractivity contribution in [2.45, 2.75) is 0 Å². The molecule has 0 radical (unpaired) electrons. The van der Waals surface area contributed by atoms with Crippen LogP contribution in [0.4, 0.5) is 11.4 Å². The molecule has 0 aliphatic carbocycles. The third kappa shape index (κ3) is 1.98. The lowest BCUT2D eigenvalue weighted by molar-refractivity contribution is -0.384. The molecule has 0 N–H and O–H groups in total. The third-order valence-corrected chi connectivity index (χ3v) is 2.09. The van der Waals surface area contributed by atoms with Gasteiger partial charge in [-0.25, -0.2) is 4.98 Å². The smallest absolute Gasteiger partial charge is 0.258 e. The van der Waals surface area contributed by atoms with Crippen molar-refractivity contribution in [3.05, 3.63) is 51.7 Å². The molecule has 0 amide bonds. The fourth-order valence-corrected chi connectivity index (χ4v) is 1.38. The molecule has 0 unspecified atom stereocenters. The highest BCUT2D eigenvalue weighted by Crippen LogP contribution is 2.31. The maximum absolute atomic E-state index is 10.8. The topological polar surface area (TPSA) is 98.3 Å². The van der Waals surface area contributed by atoms with Crippen LogP contribution in [0.3, 0.4) is 0 Å². The van der Waals surface area contributed by atoms with Crippen molar-refractivity contribution in [2.24, 2.45) is 5.18 Å². The maximum Gasteiger partial charge on any atom is 0.297 e. The van der Waals surface area contributed by atoms with Gasteiger partial charge in [-0.1, -0.05) is 0 Å². The lowest BCUT2D eigenvalue weighted by atomic mass is 10.2. The Bertz CT molecular complexity index is 585. The molecule has 2 rings (SSSR count).